The van der Waals surface area contributed by atoms with E-state index < -0.39 is 10.0 Å². The zero-order valence-electron chi connectivity index (χ0n) is 18.2. The molecule has 2 aromatic carbocycles. The third kappa shape index (κ3) is 4.25. The van der Waals surface area contributed by atoms with Gasteiger partial charge in [0.1, 0.15) is 6.61 Å². The van der Waals surface area contributed by atoms with Gasteiger partial charge in [0.25, 0.3) is 10.0 Å². The van der Waals surface area contributed by atoms with Gasteiger partial charge in [0.2, 0.25) is 5.03 Å². The second-order valence-electron chi connectivity index (χ2n) is 8.37. The molecule has 0 aliphatic carbocycles. The van der Waals surface area contributed by atoms with Crippen molar-refractivity contribution in [1.82, 2.24) is 13.1 Å². The molecule has 33 heavy (non-hydrogen) atoms. The molecule has 0 radical (unpaired) electrons. The SMILES string of the molecule is Cc1ccc2c(c1)COC(=O)N2C1CCN(S(=O)(=O)c2nsnc2Cc2ccccc2)CC1. The van der Waals surface area contributed by atoms with E-state index in [0.29, 0.717) is 38.0 Å². The first-order valence-corrected chi connectivity index (χ1v) is 13.0. The maximum absolute atomic E-state index is 13.4. The highest BCUT2D eigenvalue weighted by Crippen LogP contribution is 2.33. The number of amides is 1. The van der Waals surface area contributed by atoms with Crippen LogP contribution in [-0.2, 0) is 27.8 Å². The quantitative estimate of drug-likeness (QED) is 0.548. The minimum Gasteiger partial charge on any atom is -0.444 e. The third-order valence-corrected chi connectivity index (χ3v) is 8.69. The molecule has 1 saturated heterocycles. The summed E-state index contributed by atoms with van der Waals surface area (Å²) in [7, 11) is -3.77. The van der Waals surface area contributed by atoms with Gasteiger partial charge in [0.15, 0.2) is 0 Å². The van der Waals surface area contributed by atoms with E-state index in [0.717, 1.165) is 34.1 Å². The summed E-state index contributed by atoms with van der Waals surface area (Å²) in [6.45, 7) is 2.88. The number of piperidine rings is 1. The smallest absolute Gasteiger partial charge is 0.414 e. The molecule has 1 amide bonds. The molecule has 1 fully saturated rings. The summed E-state index contributed by atoms with van der Waals surface area (Å²) in [5.74, 6) is 0. The van der Waals surface area contributed by atoms with Gasteiger partial charge in [-0.2, -0.15) is 13.1 Å². The fourth-order valence-corrected chi connectivity index (χ4v) is 6.83. The number of rotatable bonds is 5. The predicted octanol–water partition coefficient (Wildman–Crippen LogP) is 3.75. The van der Waals surface area contributed by atoms with E-state index in [1.807, 2.05) is 55.5 Å². The zero-order valence-corrected chi connectivity index (χ0v) is 19.8. The van der Waals surface area contributed by atoms with Gasteiger partial charge in [0.05, 0.1) is 23.1 Å². The van der Waals surface area contributed by atoms with Crippen LogP contribution in [0.2, 0.25) is 0 Å². The first-order chi connectivity index (χ1) is 15.9. The topological polar surface area (TPSA) is 92.7 Å². The van der Waals surface area contributed by atoms with Gasteiger partial charge in [0, 0.05) is 31.1 Å². The number of cyclic esters (lactones) is 1. The minimum atomic E-state index is -3.77. The van der Waals surface area contributed by atoms with Crippen LogP contribution in [0.3, 0.4) is 0 Å². The van der Waals surface area contributed by atoms with Crippen LogP contribution in [0.5, 0.6) is 0 Å². The third-order valence-electron chi connectivity index (χ3n) is 6.15. The van der Waals surface area contributed by atoms with Gasteiger partial charge in [-0.05, 0) is 31.4 Å². The van der Waals surface area contributed by atoms with E-state index in [1.165, 1.54) is 4.31 Å². The Labute approximate surface area is 197 Å². The number of sulfonamides is 1. The van der Waals surface area contributed by atoms with Crippen molar-refractivity contribution in [1.29, 1.82) is 0 Å². The van der Waals surface area contributed by atoms with Crippen LogP contribution in [0.25, 0.3) is 0 Å². The van der Waals surface area contributed by atoms with Crippen LogP contribution in [0, 0.1) is 6.92 Å². The number of carbonyl (C=O) groups is 1. The largest absolute Gasteiger partial charge is 0.444 e. The van der Waals surface area contributed by atoms with Crippen molar-refractivity contribution in [3.63, 3.8) is 0 Å². The van der Waals surface area contributed by atoms with Crippen molar-refractivity contribution in [3.8, 4) is 0 Å². The summed E-state index contributed by atoms with van der Waals surface area (Å²) in [5.41, 5.74) is 4.39. The Kier molecular flexibility index (Phi) is 5.90. The molecule has 8 nitrogen and oxygen atoms in total. The molecule has 0 bridgehead atoms. The van der Waals surface area contributed by atoms with Crippen LogP contribution in [0.4, 0.5) is 10.5 Å². The standard InChI is InChI=1S/C23H24N4O4S2/c1-16-7-8-21-18(13-16)15-31-23(28)27(21)19-9-11-26(12-10-19)33(29,30)22-20(24-32-25-22)14-17-5-3-2-4-6-17/h2-8,13,19H,9-12,14-15H2,1H3. The first-order valence-electron chi connectivity index (χ1n) is 10.8. The molecule has 5 rings (SSSR count). The van der Waals surface area contributed by atoms with Crippen molar-refractivity contribution < 1.29 is 17.9 Å². The van der Waals surface area contributed by atoms with Gasteiger partial charge < -0.3 is 4.74 Å². The lowest BCUT2D eigenvalue weighted by atomic mass is 10.0. The Morgan fingerprint density at radius 1 is 1.09 bits per heavy atom. The number of carbonyl (C=O) groups excluding carboxylic acids is 1. The average molecular weight is 485 g/mol. The number of hydrogen-bond donors (Lipinski definition) is 0. The number of hydrogen-bond acceptors (Lipinski definition) is 7. The molecule has 1 aromatic heterocycles. The maximum atomic E-state index is 13.4. The molecular weight excluding hydrogens is 460 g/mol. The monoisotopic (exact) mass is 484 g/mol. The van der Waals surface area contributed by atoms with E-state index in [9.17, 15) is 13.2 Å². The molecule has 10 heteroatoms. The number of ether oxygens (including phenoxy) is 1. The van der Waals surface area contributed by atoms with Gasteiger partial charge in [-0.3, -0.25) is 4.90 Å². The molecule has 0 unspecified atom stereocenters. The van der Waals surface area contributed by atoms with E-state index in [2.05, 4.69) is 8.75 Å². The Bertz CT molecular complexity index is 1270. The number of fused-ring (bicyclic) bond motifs is 1. The van der Waals surface area contributed by atoms with Crippen molar-refractivity contribution >= 4 is 33.5 Å². The van der Waals surface area contributed by atoms with Crippen molar-refractivity contribution in [3.05, 3.63) is 70.9 Å². The Morgan fingerprint density at radius 2 is 1.85 bits per heavy atom. The van der Waals surface area contributed by atoms with Gasteiger partial charge in [-0.15, -0.1) is 0 Å². The molecule has 2 aliphatic heterocycles. The fourth-order valence-electron chi connectivity index (χ4n) is 4.47. The first kappa shape index (κ1) is 22.0. The average Bonchev–Trinajstić information content (AvgIpc) is 3.29. The molecule has 0 N–H and O–H groups in total. The van der Waals surface area contributed by atoms with Crippen LogP contribution in [0.1, 0.15) is 35.2 Å². The lowest BCUT2D eigenvalue weighted by molar-refractivity contribution is 0.135. The molecular formula is C23H24N4O4S2. The van der Waals surface area contributed by atoms with Crippen LogP contribution in [-0.4, -0.2) is 46.7 Å². The molecule has 0 atom stereocenters. The van der Waals surface area contributed by atoms with E-state index in [1.54, 1.807) is 4.90 Å². The summed E-state index contributed by atoms with van der Waals surface area (Å²) in [6.07, 6.45) is 1.08. The highest BCUT2D eigenvalue weighted by Gasteiger charge is 2.38. The molecule has 0 spiro atoms. The van der Waals surface area contributed by atoms with Crippen LogP contribution >= 0.6 is 11.7 Å². The van der Waals surface area contributed by atoms with E-state index in [-0.39, 0.29) is 23.8 Å². The van der Waals surface area contributed by atoms with Crippen LogP contribution < -0.4 is 4.90 Å². The van der Waals surface area contributed by atoms with Crippen molar-refractivity contribution in [2.45, 2.75) is 43.9 Å². The zero-order chi connectivity index (χ0) is 23.0. The molecule has 3 aromatic rings. The van der Waals surface area contributed by atoms with Gasteiger partial charge >= 0.3 is 6.09 Å². The second kappa shape index (κ2) is 8.85. The van der Waals surface area contributed by atoms with Gasteiger partial charge in [-0.1, -0.05) is 48.0 Å². The number of aryl methyl sites for hydroxylation is 1. The summed E-state index contributed by atoms with van der Waals surface area (Å²) in [4.78, 5) is 14.3. The normalized spacial score (nSPS) is 17.6. The molecule has 2 aliphatic rings. The number of aromatic nitrogens is 2. The second-order valence-corrected chi connectivity index (χ2v) is 10.8. The van der Waals surface area contributed by atoms with E-state index in [4.69, 9.17) is 4.74 Å². The molecule has 3 heterocycles. The lowest BCUT2D eigenvalue weighted by Gasteiger charge is -2.39. The van der Waals surface area contributed by atoms with Gasteiger partial charge in [-0.25, -0.2) is 13.2 Å². The molecule has 0 saturated carbocycles. The summed E-state index contributed by atoms with van der Waals surface area (Å²) in [5, 5.41) is 0.0352. The maximum Gasteiger partial charge on any atom is 0.414 e. The summed E-state index contributed by atoms with van der Waals surface area (Å²) in [6, 6.07) is 15.5. The number of benzene rings is 2. The highest BCUT2D eigenvalue weighted by atomic mass is 32.2. The highest BCUT2D eigenvalue weighted by molar-refractivity contribution is 7.89. The Morgan fingerprint density at radius 3 is 2.61 bits per heavy atom. The fraction of sp³-hybridized carbons (Fsp3) is 0.348. The Hall–Kier alpha value is -2.82. The Balaban J connectivity index is 1.32. The van der Waals surface area contributed by atoms with Crippen LogP contribution in [0.15, 0.2) is 53.6 Å². The predicted molar refractivity (Wildman–Crippen MR) is 125 cm³/mol. The minimum absolute atomic E-state index is 0.0352. The van der Waals surface area contributed by atoms with Crippen molar-refractivity contribution in [2.75, 3.05) is 18.0 Å². The number of anilines is 1. The van der Waals surface area contributed by atoms with E-state index >= 15 is 0 Å². The number of nitrogens with zero attached hydrogens (tertiary/aromatic N) is 4. The molecule has 172 valence electrons. The summed E-state index contributed by atoms with van der Waals surface area (Å²) >= 11 is 0.918. The van der Waals surface area contributed by atoms with Crippen molar-refractivity contribution in [2.24, 2.45) is 0 Å². The lowest BCUT2D eigenvalue weighted by Crippen LogP contribution is -2.50. The summed E-state index contributed by atoms with van der Waals surface area (Å²) < 4.78 is 42.0.